The number of fused-ring (bicyclic) bond motifs is 1. The first kappa shape index (κ1) is 17.7. The van der Waals surface area contributed by atoms with E-state index in [0.29, 0.717) is 22.4 Å². The highest BCUT2D eigenvalue weighted by Gasteiger charge is 2.10. The van der Waals surface area contributed by atoms with E-state index in [1.54, 1.807) is 12.1 Å². The first-order valence-corrected chi connectivity index (χ1v) is 8.94. The van der Waals surface area contributed by atoms with E-state index in [9.17, 15) is 4.79 Å². The zero-order chi connectivity index (χ0) is 19.5. The lowest BCUT2D eigenvalue weighted by Gasteiger charge is -2.11. The van der Waals surface area contributed by atoms with E-state index in [1.807, 2.05) is 62.4 Å². The average Bonchev–Trinajstić information content (AvgIpc) is 3.17. The number of aromatic nitrogens is 4. The molecule has 7 nitrogen and oxygen atoms in total. The highest BCUT2D eigenvalue weighted by molar-refractivity contribution is 6.05. The van der Waals surface area contributed by atoms with Crippen molar-refractivity contribution in [3.63, 3.8) is 0 Å². The summed E-state index contributed by atoms with van der Waals surface area (Å²) in [5.74, 6) is 0.575. The Kier molecular flexibility index (Phi) is 4.72. The van der Waals surface area contributed by atoms with E-state index in [-0.39, 0.29) is 12.0 Å². The first-order chi connectivity index (χ1) is 13.6. The fraction of sp³-hybridized carbons (Fsp3) is 0.143. The summed E-state index contributed by atoms with van der Waals surface area (Å²) in [6.07, 6.45) is 0.105. The zero-order valence-electron chi connectivity index (χ0n) is 15.5. The molecule has 28 heavy (non-hydrogen) atoms. The molecule has 0 unspecified atom stereocenters. The van der Waals surface area contributed by atoms with Gasteiger partial charge in [-0.25, -0.2) is 4.98 Å². The number of H-pyrrole nitrogens is 1. The Labute approximate surface area is 161 Å². The van der Waals surface area contributed by atoms with Crippen molar-refractivity contribution in [1.29, 1.82) is 0 Å². The second-order valence-corrected chi connectivity index (χ2v) is 6.59. The van der Waals surface area contributed by atoms with Gasteiger partial charge in [0.15, 0.2) is 0 Å². The maximum Gasteiger partial charge on any atom is 0.255 e. The van der Waals surface area contributed by atoms with Gasteiger partial charge in [0.05, 0.1) is 11.8 Å². The number of ether oxygens (including phenoxy) is 1. The molecule has 140 valence electrons. The molecule has 0 aliphatic heterocycles. The van der Waals surface area contributed by atoms with Crippen molar-refractivity contribution in [1.82, 2.24) is 20.4 Å². The molecule has 0 fully saturated rings. The number of carbonyl (C=O) groups is 1. The topological polar surface area (TPSA) is 92.8 Å². The normalized spacial score (nSPS) is 11.0. The van der Waals surface area contributed by atoms with Crippen LogP contribution in [0.15, 0.2) is 60.7 Å². The van der Waals surface area contributed by atoms with Gasteiger partial charge < -0.3 is 10.1 Å². The van der Waals surface area contributed by atoms with Gasteiger partial charge in [-0.05, 0) is 62.4 Å². The van der Waals surface area contributed by atoms with Gasteiger partial charge in [-0.1, -0.05) is 12.1 Å². The number of pyridine rings is 1. The number of hydrogen-bond acceptors (Lipinski definition) is 5. The molecule has 0 bridgehead atoms. The van der Waals surface area contributed by atoms with Crippen LogP contribution in [-0.4, -0.2) is 32.4 Å². The van der Waals surface area contributed by atoms with Crippen LogP contribution in [0.3, 0.4) is 0 Å². The Morgan fingerprint density at radius 2 is 1.86 bits per heavy atom. The molecule has 0 radical (unpaired) electrons. The van der Waals surface area contributed by atoms with Crippen molar-refractivity contribution < 1.29 is 9.53 Å². The SMILES string of the molecule is CC(C)Oc1ccc(NC(=O)c2cccc(-c3ccc4n[nH]nc4n3)c2)cc1. The molecule has 2 aromatic heterocycles. The van der Waals surface area contributed by atoms with Crippen LogP contribution in [0, 0.1) is 0 Å². The number of rotatable bonds is 5. The Balaban J connectivity index is 1.52. The largest absolute Gasteiger partial charge is 0.491 e. The summed E-state index contributed by atoms with van der Waals surface area (Å²) >= 11 is 0. The number of hydrogen-bond donors (Lipinski definition) is 2. The van der Waals surface area contributed by atoms with Gasteiger partial charge in [0.2, 0.25) is 5.65 Å². The van der Waals surface area contributed by atoms with Gasteiger partial charge >= 0.3 is 0 Å². The van der Waals surface area contributed by atoms with Gasteiger partial charge in [0.1, 0.15) is 11.3 Å². The monoisotopic (exact) mass is 373 g/mol. The van der Waals surface area contributed by atoms with Gasteiger partial charge in [-0.2, -0.15) is 10.3 Å². The molecule has 1 amide bonds. The molecule has 0 saturated carbocycles. The Hall–Kier alpha value is -3.74. The van der Waals surface area contributed by atoms with Crippen LogP contribution in [0.1, 0.15) is 24.2 Å². The van der Waals surface area contributed by atoms with Gasteiger partial charge in [-0.15, -0.1) is 5.10 Å². The fourth-order valence-electron chi connectivity index (χ4n) is 2.81. The molecule has 7 heteroatoms. The van der Waals surface area contributed by atoms with Crippen molar-refractivity contribution in [3.05, 3.63) is 66.2 Å². The van der Waals surface area contributed by atoms with Crippen LogP contribution in [-0.2, 0) is 0 Å². The number of benzene rings is 2. The lowest BCUT2D eigenvalue weighted by molar-refractivity contribution is 0.102. The van der Waals surface area contributed by atoms with E-state index < -0.39 is 0 Å². The minimum atomic E-state index is -0.193. The van der Waals surface area contributed by atoms with E-state index in [0.717, 1.165) is 17.0 Å². The Morgan fingerprint density at radius 3 is 2.64 bits per heavy atom. The van der Waals surface area contributed by atoms with Crippen LogP contribution in [0.25, 0.3) is 22.4 Å². The minimum absolute atomic E-state index is 0.105. The maximum atomic E-state index is 12.6. The number of carbonyl (C=O) groups excluding carboxylic acids is 1. The molecule has 0 spiro atoms. The van der Waals surface area contributed by atoms with Crippen molar-refractivity contribution in [2.75, 3.05) is 5.32 Å². The third-order valence-electron chi connectivity index (χ3n) is 4.09. The van der Waals surface area contributed by atoms with Crippen molar-refractivity contribution in [2.45, 2.75) is 20.0 Å². The van der Waals surface area contributed by atoms with Crippen LogP contribution in [0.5, 0.6) is 5.75 Å². The lowest BCUT2D eigenvalue weighted by atomic mass is 10.1. The molecule has 0 aliphatic carbocycles. The summed E-state index contributed by atoms with van der Waals surface area (Å²) in [5, 5.41) is 13.5. The van der Waals surface area contributed by atoms with Gasteiger partial charge in [0.25, 0.3) is 5.91 Å². The Bertz CT molecular complexity index is 1120. The number of nitrogens with zero attached hydrogens (tertiary/aromatic N) is 3. The first-order valence-electron chi connectivity index (χ1n) is 8.94. The second-order valence-electron chi connectivity index (χ2n) is 6.59. The van der Waals surface area contributed by atoms with Crippen LogP contribution in [0.2, 0.25) is 0 Å². The van der Waals surface area contributed by atoms with E-state index in [2.05, 4.69) is 25.7 Å². The standard InChI is InChI=1S/C21H19N5O2/c1-13(2)28-17-8-6-16(7-9-17)22-21(27)15-5-3-4-14(12-15)18-10-11-19-20(23-18)25-26-24-19/h3-13H,1-2H3,(H,22,27)(H,23,24,25,26). The lowest BCUT2D eigenvalue weighted by Crippen LogP contribution is -2.12. The molecular formula is C21H19N5O2. The molecule has 2 aromatic carbocycles. The number of nitrogens with one attached hydrogen (secondary N) is 2. The summed E-state index contributed by atoms with van der Waals surface area (Å²) in [7, 11) is 0. The molecule has 4 rings (SSSR count). The van der Waals surface area contributed by atoms with E-state index >= 15 is 0 Å². The van der Waals surface area contributed by atoms with Crippen LogP contribution in [0.4, 0.5) is 5.69 Å². The van der Waals surface area contributed by atoms with E-state index in [1.165, 1.54) is 0 Å². The van der Waals surface area contributed by atoms with Crippen molar-refractivity contribution in [3.8, 4) is 17.0 Å². The number of anilines is 1. The summed E-state index contributed by atoms with van der Waals surface area (Å²) in [6.45, 7) is 3.94. The van der Waals surface area contributed by atoms with E-state index in [4.69, 9.17) is 4.74 Å². The molecule has 0 aliphatic rings. The highest BCUT2D eigenvalue weighted by Crippen LogP contribution is 2.22. The number of amides is 1. The molecule has 0 atom stereocenters. The summed E-state index contributed by atoms with van der Waals surface area (Å²) in [6, 6.07) is 18.3. The smallest absolute Gasteiger partial charge is 0.255 e. The van der Waals surface area contributed by atoms with Crippen LogP contribution < -0.4 is 10.1 Å². The third kappa shape index (κ3) is 3.83. The molecular weight excluding hydrogens is 354 g/mol. The third-order valence-corrected chi connectivity index (χ3v) is 4.09. The molecule has 4 aromatic rings. The average molecular weight is 373 g/mol. The summed E-state index contributed by atoms with van der Waals surface area (Å²) < 4.78 is 5.62. The van der Waals surface area contributed by atoms with Crippen molar-refractivity contribution >= 4 is 22.8 Å². The van der Waals surface area contributed by atoms with Gasteiger partial charge in [-0.3, -0.25) is 4.79 Å². The Morgan fingerprint density at radius 1 is 1.04 bits per heavy atom. The molecule has 0 saturated heterocycles. The summed E-state index contributed by atoms with van der Waals surface area (Å²) in [4.78, 5) is 17.1. The maximum absolute atomic E-state index is 12.6. The fourth-order valence-corrected chi connectivity index (χ4v) is 2.81. The summed E-state index contributed by atoms with van der Waals surface area (Å²) in [5.41, 5.74) is 4.04. The molecule has 2 N–H and O–H groups in total. The highest BCUT2D eigenvalue weighted by atomic mass is 16.5. The van der Waals surface area contributed by atoms with Gasteiger partial charge in [0, 0.05) is 16.8 Å². The molecule has 2 heterocycles. The van der Waals surface area contributed by atoms with Crippen molar-refractivity contribution in [2.24, 2.45) is 0 Å². The zero-order valence-corrected chi connectivity index (χ0v) is 15.5. The second kappa shape index (κ2) is 7.48. The minimum Gasteiger partial charge on any atom is -0.491 e. The predicted molar refractivity (Wildman–Crippen MR) is 107 cm³/mol. The predicted octanol–water partition coefficient (Wildman–Crippen LogP) is 4.06. The number of aromatic amines is 1. The quantitative estimate of drug-likeness (QED) is 0.550. The van der Waals surface area contributed by atoms with Crippen LogP contribution >= 0.6 is 0 Å².